The molecule has 0 unspecified atom stereocenters. The van der Waals surface area contributed by atoms with E-state index in [1.165, 1.54) is 19.1 Å². The number of rotatable bonds is 2. The van der Waals surface area contributed by atoms with Crippen LogP contribution in [-0.4, -0.2) is 22.9 Å². The van der Waals surface area contributed by atoms with Crippen LogP contribution in [0.5, 0.6) is 5.75 Å². The zero-order chi connectivity index (χ0) is 14.2. The van der Waals surface area contributed by atoms with E-state index < -0.39 is 5.97 Å². The van der Waals surface area contributed by atoms with Crippen molar-refractivity contribution in [1.82, 2.24) is 0 Å². The van der Waals surface area contributed by atoms with Gasteiger partial charge in [0.2, 0.25) is 5.78 Å². The van der Waals surface area contributed by atoms with Gasteiger partial charge in [0, 0.05) is 23.4 Å². The molecule has 1 aliphatic rings. The first-order valence-electron chi connectivity index (χ1n) is 5.32. The van der Waals surface area contributed by atoms with Crippen LogP contribution in [0.15, 0.2) is 28.3 Å². The summed E-state index contributed by atoms with van der Waals surface area (Å²) in [5, 5.41) is 0.242. The number of esters is 1. The van der Waals surface area contributed by atoms with E-state index in [4.69, 9.17) is 4.74 Å². The fourth-order valence-electron chi connectivity index (χ4n) is 1.82. The van der Waals surface area contributed by atoms with E-state index in [9.17, 15) is 14.4 Å². The topological polar surface area (TPSA) is 60.4 Å². The number of benzene rings is 1. The Morgan fingerprint density at radius 1 is 1.26 bits per heavy atom. The van der Waals surface area contributed by atoms with Crippen LogP contribution in [0.4, 0.5) is 0 Å². The Labute approximate surface area is 126 Å². The summed E-state index contributed by atoms with van der Waals surface area (Å²) in [5.74, 6) is -1.04. The Morgan fingerprint density at radius 2 is 1.95 bits per heavy atom. The predicted octanol–water partition coefficient (Wildman–Crippen LogP) is 3.03. The number of carbonyl (C=O) groups is 3. The van der Waals surface area contributed by atoms with E-state index in [1.807, 2.05) is 0 Å². The summed E-state index contributed by atoms with van der Waals surface area (Å²) >= 11 is 6.32. The lowest BCUT2D eigenvalue weighted by Crippen LogP contribution is -2.22. The molecule has 0 aromatic heterocycles. The lowest BCUT2D eigenvalue weighted by molar-refractivity contribution is -0.131. The second kappa shape index (κ2) is 5.38. The number of alkyl halides is 1. The number of hydrogen-bond acceptors (Lipinski definition) is 4. The average Bonchev–Trinajstić information content (AvgIpc) is 2.36. The third kappa shape index (κ3) is 2.42. The third-order valence-electron chi connectivity index (χ3n) is 2.62. The summed E-state index contributed by atoms with van der Waals surface area (Å²) in [5.41, 5.74) is 0.692. The molecule has 0 bridgehead atoms. The fourth-order valence-corrected chi connectivity index (χ4v) is 3.26. The molecule has 0 fully saturated rings. The van der Waals surface area contributed by atoms with E-state index in [1.54, 1.807) is 6.07 Å². The largest absolute Gasteiger partial charge is 0.426 e. The minimum absolute atomic E-state index is 0.113. The van der Waals surface area contributed by atoms with Gasteiger partial charge in [-0.05, 0) is 28.1 Å². The predicted molar refractivity (Wildman–Crippen MR) is 76.2 cm³/mol. The third-order valence-corrected chi connectivity index (χ3v) is 4.02. The summed E-state index contributed by atoms with van der Waals surface area (Å²) in [6, 6.07) is 4.60. The van der Waals surface area contributed by atoms with Crippen molar-refractivity contribution in [3.8, 4) is 5.75 Å². The van der Waals surface area contributed by atoms with Gasteiger partial charge in [-0.15, -0.1) is 0 Å². The Hall–Kier alpha value is -1.27. The number of ether oxygens (including phenoxy) is 1. The van der Waals surface area contributed by atoms with E-state index >= 15 is 0 Å². The molecule has 0 saturated heterocycles. The van der Waals surface area contributed by atoms with Crippen molar-refractivity contribution < 1.29 is 19.1 Å². The van der Waals surface area contributed by atoms with Crippen molar-refractivity contribution in [2.24, 2.45) is 0 Å². The molecule has 98 valence electrons. The highest BCUT2D eigenvalue weighted by molar-refractivity contribution is 9.12. The van der Waals surface area contributed by atoms with Gasteiger partial charge in [0.25, 0.3) is 0 Å². The second-order valence-corrected chi connectivity index (χ2v) is 5.21. The Kier molecular flexibility index (Phi) is 4.01. The highest BCUT2D eigenvalue weighted by atomic mass is 79.9. The van der Waals surface area contributed by atoms with Crippen LogP contribution in [-0.2, 0) is 4.79 Å². The number of hydrogen-bond donors (Lipinski definition) is 0. The number of fused-ring (bicyclic) bond motifs is 1. The molecule has 0 saturated carbocycles. The summed E-state index contributed by atoms with van der Waals surface area (Å²) < 4.78 is 5.23. The van der Waals surface area contributed by atoms with Gasteiger partial charge in [-0.2, -0.15) is 0 Å². The first kappa shape index (κ1) is 14.1. The quantitative estimate of drug-likeness (QED) is 0.444. The van der Waals surface area contributed by atoms with Crippen LogP contribution in [0.1, 0.15) is 27.6 Å². The van der Waals surface area contributed by atoms with Gasteiger partial charge in [0.1, 0.15) is 5.75 Å². The van der Waals surface area contributed by atoms with Crippen molar-refractivity contribution >= 4 is 49.4 Å². The molecule has 19 heavy (non-hydrogen) atoms. The molecular weight excluding hydrogens is 380 g/mol. The molecule has 0 aliphatic heterocycles. The van der Waals surface area contributed by atoms with Crippen molar-refractivity contribution in [1.29, 1.82) is 0 Å². The maximum atomic E-state index is 12.3. The van der Waals surface area contributed by atoms with Crippen molar-refractivity contribution in [2.45, 2.75) is 6.92 Å². The van der Waals surface area contributed by atoms with Crippen LogP contribution in [0, 0.1) is 0 Å². The molecule has 0 atom stereocenters. The SMILES string of the molecule is CC(=O)Oc1cccc2c1C(=O)C(CBr)=C(Br)C2=O. The molecule has 1 aromatic rings. The molecular formula is C13H8Br2O4. The fraction of sp³-hybridized carbons (Fsp3) is 0.154. The minimum atomic E-state index is -0.539. The molecule has 1 aliphatic carbocycles. The lowest BCUT2D eigenvalue weighted by atomic mass is 9.89. The molecule has 0 spiro atoms. The summed E-state index contributed by atoms with van der Waals surface area (Å²) in [6.07, 6.45) is 0. The van der Waals surface area contributed by atoms with Gasteiger partial charge in [0.15, 0.2) is 5.78 Å². The monoisotopic (exact) mass is 386 g/mol. The second-order valence-electron chi connectivity index (χ2n) is 3.86. The highest BCUT2D eigenvalue weighted by Gasteiger charge is 2.33. The smallest absolute Gasteiger partial charge is 0.308 e. The number of allylic oxidation sites excluding steroid dienone is 2. The zero-order valence-corrected chi connectivity index (χ0v) is 13.0. The first-order chi connectivity index (χ1) is 8.97. The molecule has 0 heterocycles. The zero-order valence-electron chi connectivity index (χ0n) is 9.83. The van der Waals surface area contributed by atoms with Gasteiger partial charge in [-0.1, -0.05) is 22.0 Å². The number of halogens is 2. The van der Waals surface area contributed by atoms with Gasteiger partial charge in [-0.25, -0.2) is 0 Å². The number of carbonyl (C=O) groups excluding carboxylic acids is 3. The van der Waals surface area contributed by atoms with Crippen molar-refractivity contribution in [2.75, 3.05) is 5.33 Å². The van der Waals surface area contributed by atoms with Crippen LogP contribution in [0.3, 0.4) is 0 Å². The molecule has 0 radical (unpaired) electrons. The summed E-state index contributed by atoms with van der Waals surface area (Å²) in [6.45, 7) is 1.24. The van der Waals surface area contributed by atoms with Gasteiger partial charge < -0.3 is 4.74 Å². The van der Waals surface area contributed by atoms with Crippen molar-refractivity contribution in [3.63, 3.8) is 0 Å². The molecule has 1 aromatic carbocycles. The first-order valence-corrected chi connectivity index (χ1v) is 7.24. The lowest BCUT2D eigenvalue weighted by Gasteiger charge is -2.18. The number of ketones is 2. The van der Waals surface area contributed by atoms with Crippen LogP contribution < -0.4 is 4.74 Å². The average molecular weight is 388 g/mol. The van der Waals surface area contributed by atoms with Crippen LogP contribution in [0.25, 0.3) is 0 Å². The van der Waals surface area contributed by atoms with Crippen LogP contribution in [0.2, 0.25) is 0 Å². The van der Waals surface area contributed by atoms with Crippen molar-refractivity contribution in [3.05, 3.63) is 39.4 Å². The summed E-state index contributed by atoms with van der Waals surface area (Å²) in [4.78, 5) is 35.5. The Balaban J connectivity index is 2.66. The van der Waals surface area contributed by atoms with E-state index in [-0.39, 0.29) is 38.3 Å². The van der Waals surface area contributed by atoms with Crippen LogP contribution >= 0.6 is 31.9 Å². The standard InChI is InChI=1S/C13H8Br2O4/c1-6(16)19-9-4-2-3-7-10(9)12(17)8(5-14)11(15)13(7)18/h2-4H,5H2,1H3. The number of Topliss-reactive ketones (excluding diaryl/α,β-unsaturated/α-hetero) is 2. The molecule has 0 amide bonds. The Morgan fingerprint density at radius 3 is 2.53 bits per heavy atom. The molecule has 0 N–H and O–H groups in total. The van der Waals surface area contributed by atoms with E-state index in [0.29, 0.717) is 5.57 Å². The maximum absolute atomic E-state index is 12.3. The highest BCUT2D eigenvalue weighted by Crippen LogP contribution is 2.35. The van der Waals surface area contributed by atoms with Gasteiger partial charge >= 0.3 is 5.97 Å². The minimum Gasteiger partial charge on any atom is -0.426 e. The van der Waals surface area contributed by atoms with Gasteiger partial charge in [0.05, 0.1) is 10.0 Å². The molecule has 2 rings (SSSR count). The van der Waals surface area contributed by atoms with Gasteiger partial charge in [-0.3, -0.25) is 14.4 Å². The maximum Gasteiger partial charge on any atom is 0.308 e. The normalized spacial score (nSPS) is 14.5. The molecule has 4 nitrogen and oxygen atoms in total. The van der Waals surface area contributed by atoms with E-state index in [0.717, 1.165) is 0 Å². The van der Waals surface area contributed by atoms with E-state index in [2.05, 4.69) is 31.9 Å². The molecule has 6 heteroatoms. The Bertz CT molecular complexity index is 632. The summed E-state index contributed by atoms with van der Waals surface area (Å²) in [7, 11) is 0.